The van der Waals surface area contributed by atoms with E-state index in [0.29, 0.717) is 45.2 Å². The van der Waals surface area contributed by atoms with E-state index in [0.717, 1.165) is 24.3 Å². The first-order valence-electron chi connectivity index (χ1n) is 10.9. The Morgan fingerprint density at radius 3 is 2.74 bits per heavy atom. The third-order valence-electron chi connectivity index (χ3n) is 5.02. The van der Waals surface area contributed by atoms with Crippen LogP contribution in [-0.4, -0.2) is 32.2 Å². The molecule has 0 atom stereocenters. The fourth-order valence-electron chi connectivity index (χ4n) is 3.31. The minimum Gasteiger partial charge on any atom is -0.351 e. The predicted molar refractivity (Wildman–Crippen MR) is 135 cm³/mol. The van der Waals surface area contributed by atoms with Crippen molar-refractivity contribution in [2.24, 2.45) is 0 Å². The fraction of sp³-hybridized carbons (Fsp3) is 0.250. The summed E-state index contributed by atoms with van der Waals surface area (Å²) in [5, 5.41) is 15.1. The second-order valence-electron chi connectivity index (χ2n) is 7.45. The zero-order chi connectivity index (χ0) is 23.9. The van der Waals surface area contributed by atoms with Crippen LogP contribution < -0.4 is 5.32 Å². The van der Waals surface area contributed by atoms with Gasteiger partial charge in [0.05, 0.1) is 16.5 Å². The van der Waals surface area contributed by atoms with Gasteiger partial charge in [0.25, 0.3) is 5.91 Å². The van der Waals surface area contributed by atoms with Gasteiger partial charge in [-0.2, -0.15) is 0 Å². The van der Waals surface area contributed by atoms with Crippen molar-refractivity contribution in [3.05, 3.63) is 75.5 Å². The maximum absolute atomic E-state index is 14.8. The molecule has 4 aromatic rings. The van der Waals surface area contributed by atoms with Gasteiger partial charge in [-0.1, -0.05) is 67.4 Å². The molecule has 0 bridgehead atoms. The molecule has 0 radical (unpaired) electrons. The molecule has 0 aliphatic carbocycles. The van der Waals surface area contributed by atoms with Gasteiger partial charge < -0.3 is 5.32 Å². The van der Waals surface area contributed by atoms with Gasteiger partial charge in [0.15, 0.2) is 11.0 Å². The van der Waals surface area contributed by atoms with Gasteiger partial charge in [0.2, 0.25) is 0 Å². The van der Waals surface area contributed by atoms with E-state index < -0.39 is 5.82 Å². The SMILES string of the molecule is CCCCCNC(=O)c1csc(CSc2nnc(-c3ccccc3Cl)n2-c2ccccc2F)n1. The van der Waals surface area contributed by atoms with Crippen LogP contribution in [-0.2, 0) is 5.75 Å². The number of aromatic nitrogens is 4. The number of thiazole rings is 1. The summed E-state index contributed by atoms with van der Waals surface area (Å²) < 4.78 is 16.4. The first kappa shape index (κ1) is 24.4. The van der Waals surface area contributed by atoms with Crippen molar-refractivity contribution >= 4 is 40.6 Å². The number of carbonyl (C=O) groups excluding carboxylic acids is 1. The van der Waals surface area contributed by atoms with Crippen LogP contribution in [0.5, 0.6) is 0 Å². The summed E-state index contributed by atoms with van der Waals surface area (Å²) in [4.78, 5) is 16.8. The molecular weight excluding hydrogens is 493 g/mol. The molecule has 0 unspecified atom stereocenters. The van der Waals surface area contributed by atoms with Crippen molar-refractivity contribution < 1.29 is 9.18 Å². The summed E-state index contributed by atoms with van der Waals surface area (Å²) in [6, 6.07) is 13.7. The van der Waals surface area contributed by atoms with E-state index in [1.54, 1.807) is 34.2 Å². The van der Waals surface area contributed by atoms with Crippen LogP contribution in [0.4, 0.5) is 4.39 Å². The summed E-state index contributed by atoms with van der Waals surface area (Å²) in [7, 11) is 0. The van der Waals surface area contributed by atoms with Crippen LogP contribution in [0.2, 0.25) is 5.02 Å². The molecule has 2 aromatic carbocycles. The standard InChI is InChI=1S/C24H23ClFN5OS2/c1-2-3-8-13-27-23(32)19-14-33-21(28-19)15-34-24-30-29-22(16-9-4-5-10-17(16)25)31(24)20-12-7-6-11-18(20)26/h4-7,9-12,14H,2-3,8,13,15H2,1H3,(H,27,32). The Balaban J connectivity index is 1.56. The van der Waals surface area contributed by atoms with Crippen LogP contribution in [0.1, 0.15) is 41.7 Å². The van der Waals surface area contributed by atoms with E-state index in [-0.39, 0.29) is 5.91 Å². The number of nitrogens with one attached hydrogen (secondary N) is 1. The van der Waals surface area contributed by atoms with Crippen molar-refractivity contribution in [2.45, 2.75) is 37.1 Å². The topological polar surface area (TPSA) is 72.7 Å². The predicted octanol–water partition coefficient (Wildman–Crippen LogP) is 6.40. The highest BCUT2D eigenvalue weighted by molar-refractivity contribution is 7.98. The first-order chi connectivity index (χ1) is 16.6. The maximum atomic E-state index is 14.8. The lowest BCUT2D eigenvalue weighted by Crippen LogP contribution is -2.24. The Morgan fingerprint density at radius 1 is 1.15 bits per heavy atom. The quantitative estimate of drug-likeness (QED) is 0.195. The van der Waals surface area contributed by atoms with Crippen LogP contribution in [0, 0.1) is 5.82 Å². The Kier molecular flexibility index (Phi) is 8.31. The van der Waals surface area contributed by atoms with Crippen LogP contribution in [0.15, 0.2) is 59.1 Å². The van der Waals surface area contributed by atoms with Crippen LogP contribution >= 0.6 is 34.7 Å². The van der Waals surface area contributed by atoms with E-state index >= 15 is 0 Å². The summed E-state index contributed by atoms with van der Waals surface area (Å²) in [5.41, 5.74) is 1.39. The third-order valence-corrected chi connectivity index (χ3v) is 7.32. The lowest BCUT2D eigenvalue weighted by Gasteiger charge is -2.11. The second-order valence-corrected chi connectivity index (χ2v) is 9.74. The van der Waals surface area contributed by atoms with E-state index in [2.05, 4.69) is 27.4 Å². The minimum absolute atomic E-state index is 0.167. The molecule has 0 spiro atoms. The number of hydrogen-bond acceptors (Lipinski definition) is 6. The van der Waals surface area contributed by atoms with E-state index in [1.807, 2.05) is 18.2 Å². The van der Waals surface area contributed by atoms with Gasteiger partial charge in [0, 0.05) is 17.5 Å². The second kappa shape index (κ2) is 11.6. The number of halogens is 2. The van der Waals surface area contributed by atoms with Crippen molar-refractivity contribution in [1.82, 2.24) is 25.1 Å². The van der Waals surface area contributed by atoms with E-state index in [4.69, 9.17) is 11.6 Å². The van der Waals surface area contributed by atoms with Crippen molar-refractivity contribution in [3.63, 3.8) is 0 Å². The van der Waals surface area contributed by atoms with Gasteiger partial charge in [-0.05, 0) is 30.7 Å². The Morgan fingerprint density at radius 2 is 1.94 bits per heavy atom. The molecule has 0 saturated heterocycles. The third kappa shape index (κ3) is 5.65. The number of para-hydroxylation sites is 1. The molecule has 34 heavy (non-hydrogen) atoms. The van der Waals surface area contributed by atoms with E-state index in [1.165, 1.54) is 29.2 Å². The highest BCUT2D eigenvalue weighted by Crippen LogP contribution is 2.34. The van der Waals surface area contributed by atoms with Gasteiger partial charge in [-0.15, -0.1) is 21.5 Å². The smallest absolute Gasteiger partial charge is 0.270 e. The molecule has 0 saturated carbocycles. The molecule has 0 aliphatic heterocycles. The highest BCUT2D eigenvalue weighted by Gasteiger charge is 2.21. The number of hydrogen-bond donors (Lipinski definition) is 1. The largest absolute Gasteiger partial charge is 0.351 e. The van der Waals surface area contributed by atoms with E-state index in [9.17, 15) is 9.18 Å². The normalized spacial score (nSPS) is 11.0. The minimum atomic E-state index is -0.395. The highest BCUT2D eigenvalue weighted by atomic mass is 35.5. The van der Waals surface area contributed by atoms with Crippen molar-refractivity contribution in [3.8, 4) is 17.1 Å². The maximum Gasteiger partial charge on any atom is 0.270 e. The van der Waals surface area contributed by atoms with Crippen molar-refractivity contribution in [1.29, 1.82) is 0 Å². The number of rotatable bonds is 10. The molecule has 2 aromatic heterocycles. The number of amides is 1. The molecule has 4 rings (SSSR count). The van der Waals surface area contributed by atoms with Gasteiger partial charge >= 0.3 is 0 Å². The lowest BCUT2D eigenvalue weighted by atomic mass is 10.2. The summed E-state index contributed by atoms with van der Waals surface area (Å²) in [5.74, 6) is 0.348. The molecule has 0 fully saturated rings. The zero-order valence-electron chi connectivity index (χ0n) is 18.5. The molecule has 1 N–H and O–H groups in total. The van der Waals surface area contributed by atoms with Crippen LogP contribution in [0.3, 0.4) is 0 Å². The number of benzene rings is 2. The average Bonchev–Trinajstić information content (AvgIpc) is 3.48. The van der Waals surface area contributed by atoms with Crippen molar-refractivity contribution in [2.75, 3.05) is 6.54 Å². The summed E-state index contributed by atoms with van der Waals surface area (Å²) in [6.07, 6.45) is 3.14. The number of nitrogens with zero attached hydrogens (tertiary/aromatic N) is 4. The van der Waals surface area contributed by atoms with Gasteiger partial charge in [-0.3, -0.25) is 9.36 Å². The Hall–Kier alpha value is -2.75. The summed E-state index contributed by atoms with van der Waals surface area (Å²) in [6.45, 7) is 2.77. The fourth-order valence-corrected chi connectivity index (χ4v) is 5.26. The number of carbonyl (C=O) groups is 1. The molecule has 6 nitrogen and oxygen atoms in total. The van der Waals surface area contributed by atoms with Gasteiger partial charge in [-0.25, -0.2) is 9.37 Å². The monoisotopic (exact) mass is 515 g/mol. The lowest BCUT2D eigenvalue weighted by molar-refractivity contribution is 0.0948. The molecular formula is C24H23ClFN5OS2. The first-order valence-corrected chi connectivity index (χ1v) is 13.1. The number of thioether (sulfide) groups is 1. The molecule has 1 amide bonds. The molecule has 176 valence electrons. The Bertz CT molecular complexity index is 1280. The molecule has 10 heteroatoms. The van der Waals surface area contributed by atoms with Crippen LogP contribution in [0.25, 0.3) is 17.1 Å². The molecule has 0 aliphatic rings. The zero-order valence-corrected chi connectivity index (χ0v) is 20.9. The number of unbranched alkanes of at least 4 members (excludes halogenated alkanes) is 2. The average molecular weight is 516 g/mol. The Labute approximate surface area is 210 Å². The summed E-state index contributed by atoms with van der Waals surface area (Å²) >= 11 is 9.17. The molecule has 2 heterocycles. The van der Waals surface area contributed by atoms with Gasteiger partial charge in [0.1, 0.15) is 16.5 Å².